The summed E-state index contributed by atoms with van der Waals surface area (Å²) in [6.07, 6.45) is -3.38. The van der Waals surface area contributed by atoms with Gasteiger partial charge in [-0.2, -0.15) is 0 Å². The average Bonchev–Trinajstić information content (AvgIpc) is 2.73. The van der Waals surface area contributed by atoms with E-state index in [2.05, 4.69) is 10.2 Å². The number of morpholine rings is 1. The van der Waals surface area contributed by atoms with Crippen molar-refractivity contribution in [2.24, 2.45) is 5.14 Å². The normalized spacial score (nSPS) is 17.7. The first-order chi connectivity index (χ1) is 14.6. The SMILES string of the molecule is [C-]#[N+]c1ccc(NC(=O)[C@H](O)[C@H]2OCCN(c3ccc(C)cc3)C2=O)c(S(N)(=O)=O)c1. The highest BCUT2D eigenvalue weighted by molar-refractivity contribution is 7.89. The van der Waals surface area contributed by atoms with Crippen molar-refractivity contribution < 1.29 is 27.9 Å². The molecule has 1 saturated heterocycles. The minimum atomic E-state index is -4.27. The Morgan fingerprint density at radius 1 is 1.32 bits per heavy atom. The molecule has 11 heteroatoms. The van der Waals surface area contributed by atoms with Gasteiger partial charge >= 0.3 is 0 Å². The number of amides is 2. The Labute approximate surface area is 179 Å². The summed E-state index contributed by atoms with van der Waals surface area (Å²) in [5.41, 5.74) is 1.39. The predicted molar refractivity (Wildman–Crippen MR) is 112 cm³/mol. The Kier molecular flexibility index (Phi) is 6.37. The van der Waals surface area contributed by atoms with E-state index in [1.165, 1.54) is 17.0 Å². The zero-order valence-corrected chi connectivity index (χ0v) is 17.3. The standard InChI is InChI=1S/C20H20N4O6S/c1-12-3-6-14(7-4-12)24-9-10-30-18(20(24)27)17(25)19(26)23-15-8-5-13(22-2)11-16(15)31(21,28)29/h3-8,11,17-18,25H,9-10H2,1H3,(H,23,26)(H2,21,28,29)/t17-,18-/m1/s1. The van der Waals surface area contributed by atoms with E-state index in [0.717, 1.165) is 11.6 Å². The van der Waals surface area contributed by atoms with Crippen molar-refractivity contribution in [3.8, 4) is 0 Å². The van der Waals surface area contributed by atoms with Gasteiger partial charge in [0.1, 0.15) is 0 Å². The number of carbonyl (C=O) groups is 2. The fraction of sp³-hybridized carbons (Fsp3) is 0.250. The number of aliphatic hydroxyl groups excluding tert-OH is 1. The first-order valence-corrected chi connectivity index (χ1v) is 10.7. The van der Waals surface area contributed by atoms with Crippen molar-refractivity contribution in [1.82, 2.24) is 0 Å². The monoisotopic (exact) mass is 444 g/mol. The van der Waals surface area contributed by atoms with Crippen LogP contribution in [0.15, 0.2) is 47.4 Å². The van der Waals surface area contributed by atoms with Gasteiger partial charge in [0.15, 0.2) is 17.9 Å². The van der Waals surface area contributed by atoms with Crippen molar-refractivity contribution in [2.45, 2.75) is 24.0 Å². The number of hydrogen-bond donors (Lipinski definition) is 3. The molecule has 1 heterocycles. The Bertz CT molecular complexity index is 1160. The van der Waals surface area contributed by atoms with Crippen LogP contribution in [0, 0.1) is 13.5 Å². The molecule has 10 nitrogen and oxygen atoms in total. The van der Waals surface area contributed by atoms with Crippen LogP contribution in [-0.4, -0.2) is 50.7 Å². The Morgan fingerprint density at radius 3 is 2.61 bits per heavy atom. The molecule has 1 fully saturated rings. The minimum absolute atomic E-state index is 0.00195. The lowest BCUT2D eigenvalue weighted by molar-refractivity contribution is -0.150. The quantitative estimate of drug-likeness (QED) is 0.585. The number of nitrogens with zero attached hydrogens (tertiary/aromatic N) is 2. The lowest BCUT2D eigenvalue weighted by atomic mass is 10.1. The molecule has 1 aliphatic heterocycles. The maximum atomic E-state index is 12.8. The molecule has 2 aromatic carbocycles. The number of nitrogens with two attached hydrogens (primary N) is 1. The number of aryl methyl sites for hydroxylation is 1. The summed E-state index contributed by atoms with van der Waals surface area (Å²) >= 11 is 0. The molecule has 2 aromatic rings. The van der Waals surface area contributed by atoms with E-state index < -0.39 is 38.9 Å². The number of rotatable bonds is 5. The van der Waals surface area contributed by atoms with E-state index in [1.807, 2.05) is 19.1 Å². The van der Waals surface area contributed by atoms with Gasteiger partial charge in [-0.1, -0.05) is 23.8 Å². The summed E-state index contributed by atoms with van der Waals surface area (Å²) in [6, 6.07) is 10.6. The van der Waals surface area contributed by atoms with E-state index in [-0.39, 0.29) is 24.5 Å². The molecule has 0 aromatic heterocycles. The third kappa shape index (κ3) is 4.89. The molecule has 3 rings (SSSR count). The molecule has 1 aliphatic rings. The van der Waals surface area contributed by atoms with Crippen molar-refractivity contribution in [3.05, 3.63) is 59.4 Å². The fourth-order valence-electron chi connectivity index (χ4n) is 3.08. The Balaban J connectivity index is 1.81. The zero-order valence-electron chi connectivity index (χ0n) is 16.5. The molecule has 2 amide bonds. The summed E-state index contributed by atoms with van der Waals surface area (Å²) in [4.78, 5) is 29.4. The number of carbonyl (C=O) groups excluding carboxylic acids is 2. The molecule has 0 saturated carbocycles. The summed E-state index contributed by atoms with van der Waals surface area (Å²) in [6.45, 7) is 9.24. The molecule has 0 spiro atoms. The lowest BCUT2D eigenvalue weighted by Crippen LogP contribution is -2.55. The second-order valence-corrected chi connectivity index (χ2v) is 8.42. The molecule has 4 N–H and O–H groups in total. The number of benzene rings is 2. The summed E-state index contributed by atoms with van der Waals surface area (Å²) in [7, 11) is -4.27. The molecule has 0 bridgehead atoms. The number of anilines is 2. The van der Waals surface area contributed by atoms with Crippen LogP contribution >= 0.6 is 0 Å². The zero-order chi connectivity index (χ0) is 22.8. The molecule has 0 radical (unpaired) electrons. The number of aliphatic hydroxyl groups is 1. The van der Waals surface area contributed by atoms with Gasteiger partial charge in [0.2, 0.25) is 10.0 Å². The van der Waals surface area contributed by atoms with Gasteiger partial charge in [0, 0.05) is 12.2 Å². The fourth-order valence-corrected chi connectivity index (χ4v) is 3.79. The van der Waals surface area contributed by atoms with Crippen molar-refractivity contribution in [3.63, 3.8) is 0 Å². The highest BCUT2D eigenvalue weighted by Gasteiger charge is 2.39. The molecule has 31 heavy (non-hydrogen) atoms. The van der Waals surface area contributed by atoms with Crippen LogP contribution in [0.3, 0.4) is 0 Å². The van der Waals surface area contributed by atoms with Crippen molar-refractivity contribution >= 4 is 38.9 Å². The molecular formula is C20H20N4O6S. The molecular weight excluding hydrogens is 424 g/mol. The van der Waals surface area contributed by atoms with E-state index in [0.29, 0.717) is 5.69 Å². The maximum Gasteiger partial charge on any atom is 0.259 e. The Hall–Kier alpha value is -3.30. The average molecular weight is 444 g/mol. The van der Waals surface area contributed by atoms with Crippen molar-refractivity contribution in [1.29, 1.82) is 0 Å². The highest BCUT2D eigenvalue weighted by atomic mass is 32.2. The second kappa shape index (κ2) is 8.83. The lowest BCUT2D eigenvalue weighted by Gasteiger charge is -2.34. The van der Waals surface area contributed by atoms with E-state index in [9.17, 15) is 23.1 Å². The number of primary sulfonamides is 1. The second-order valence-electron chi connectivity index (χ2n) is 6.89. The van der Waals surface area contributed by atoms with Gasteiger partial charge in [-0.05, 0) is 31.2 Å². The number of sulfonamides is 1. The van der Waals surface area contributed by atoms with Crippen LogP contribution in [0.5, 0.6) is 0 Å². The third-order valence-electron chi connectivity index (χ3n) is 4.68. The van der Waals surface area contributed by atoms with E-state index in [1.54, 1.807) is 12.1 Å². The van der Waals surface area contributed by atoms with Crippen LogP contribution in [0.25, 0.3) is 4.85 Å². The van der Waals surface area contributed by atoms with Gasteiger partial charge < -0.3 is 20.1 Å². The van der Waals surface area contributed by atoms with Crippen molar-refractivity contribution in [2.75, 3.05) is 23.4 Å². The van der Waals surface area contributed by atoms with Crippen LogP contribution in [0.1, 0.15) is 5.56 Å². The van der Waals surface area contributed by atoms with Gasteiger partial charge in [-0.15, -0.1) is 0 Å². The first kappa shape index (κ1) is 22.4. The van der Waals surface area contributed by atoms with Crippen LogP contribution in [0.4, 0.5) is 17.1 Å². The van der Waals surface area contributed by atoms with Crippen LogP contribution < -0.4 is 15.4 Å². The van der Waals surface area contributed by atoms with Gasteiger partial charge in [0.05, 0.1) is 23.8 Å². The minimum Gasteiger partial charge on any atom is -0.380 e. The maximum absolute atomic E-state index is 12.8. The van der Waals surface area contributed by atoms with E-state index in [4.69, 9.17) is 16.4 Å². The van der Waals surface area contributed by atoms with Gasteiger partial charge in [-0.25, -0.2) is 18.4 Å². The Morgan fingerprint density at radius 2 is 2.00 bits per heavy atom. The molecule has 2 atom stereocenters. The third-order valence-corrected chi connectivity index (χ3v) is 5.63. The topological polar surface area (TPSA) is 143 Å². The number of ether oxygens (including phenoxy) is 1. The first-order valence-electron chi connectivity index (χ1n) is 9.14. The molecule has 0 aliphatic carbocycles. The smallest absolute Gasteiger partial charge is 0.259 e. The summed E-state index contributed by atoms with van der Waals surface area (Å²) < 4.78 is 29.0. The summed E-state index contributed by atoms with van der Waals surface area (Å²) in [5, 5.41) is 17.9. The molecule has 162 valence electrons. The molecule has 0 unspecified atom stereocenters. The van der Waals surface area contributed by atoms with Crippen LogP contribution in [-0.2, 0) is 24.3 Å². The van der Waals surface area contributed by atoms with Gasteiger partial charge in [0.25, 0.3) is 11.8 Å². The highest BCUT2D eigenvalue weighted by Crippen LogP contribution is 2.27. The summed E-state index contributed by atoms with van der Waals surface area (Å²) in [5.74, 6) is -1.66. The number of nitrogens with one attached hydrogen (secondary N) is 1. The predicted octanol–water partition coefficient (Wildman–Crippen LogP) is 0.925. The number of hydrogen-bond acceptors (Lipinski definition) is 6. The van der Waals surface area contributed by atoms with E-state index >= 15 is 0 Å². The van der Waals surface area contributed by atoms with Gasteiger partial charge in [-0.3, -0.25) is 9.59 Å². The van der Waals surface area contributed by atoms with Crippen LogP contribution in [0.2, 0.25) is 0 Å². The largest absolute Gasteiger partial charge is 0.380 e.